The monoisotopic (exact) mass is 251 g/mol. The lowest BCUT2D eigenvalue weighted by molar-refractivity contribution is 0.0518. The number of aromatic nitrogens is 5. The van der Waals surface area contributed by atoms with Gasteiger partial charge < -0.3 is 4.74 Å². The Morgan fingerprint density at radius 3 is 2.78 bits per heavy atom. The first kappa shape index (κ1) is 12.2. The molecule has 0 saturated carbocycles. The van der Waals surface area contributed by atoms with E-state index in [0.29, 0.717) is 30.2 Å². The molecule has 0 radical (unpaired) electrons. The number of rotatable bonds is 4. The fraction of sp³-hybridized carbons (Fsp3) is 0.500. The fourth-order valence-corrected chi connectivity index (χ4v) is 1.43. The Morgan fingerprint density at radius 2 is 2.17 bits per heavy atom. The Hall–Kier alpha value is -2.25. The molecule has 96 valence electrons. The lowest BCUT2D eigenvalue weighted by atomic mass is 10.3. The maximum atomic E-state index is 11.6. The first-order chi connectivity index (χ1) is 8.63. The number of ether oxygens (including phenoxy) is 1. The van der Waals surface area contributed by atoms with Crippen LogP contribution < -0.4 is 0 Å². The van der Waals surface area contributed by atoms with E-state index in [1.165, 1.54) is 0 Å². The number of carbonyl (C=O) groups is 1. The number of nitrogens with zero attached hydrogens (tertiary/aromatic N) is 5. The third-order valence-corrected chi connectivity index (χ3v) is 2.50. The van der Waals surface area contributed by atoms with Crippen LogP contribution in [-0.4, -0.2) is 37.9 Å². The van der Waals surface area contributed by atoms with E-state index in [0.717, 1.165) is 0 Å². The van der Waals surface area contributed by atoms with Gasteiger partial charge in [0.25, 0.3) is 0 Å². The van der Waals surface area contributed by atoms with Crippen molar-refractivity contribution in [1.82, 2.24) is 25.3 Å². The van der Waals surface area contributed by atoms with Crippen molar-refractivity contribution in [2.75, 3.05) is 6.61 Å². The maximum Gasteiger partial charge on any atom is 0.360 e. The van der Waals surface area contributed by atoms with Gasteiger partial charge in [-0.25, -0.2) is 14.1 Å². The van der Waals surface area contributed by atoms with Crippen molar-refractivity contribution in [3.8, 4) is 0 Å². The molecule has 8 heteroatoms. The van der Waals surface area contributed by atoms with Crippen molar-refractivity contribution in [2.24, 2.45) is 0 Å². The highest BCUT2D eigenvalue weighted by molar-refractivity contribution is 5.88. The third-order valence-electron chi connectivity index (χ3n) is 2.50. The molecule has 0 atom stereocenters. The van der Waals surface area contributed by atoms with Gasteiger partial charge in [-0.1, -0.05) is 15.5 Å². The molecular formula is C10H13N5O3. The van der Waals surface area contributed by atoms with Gasteiger partial charge in [0.15, 0.2) is 5.69 Å². The summed E-state index contributed by atoms with van der Waals surface area (Å²) in [5.41, 5.74) is 2.17. The quantitative estimate of drug-likeness (QED) is 0.730. The van der Waals surface area contributed by atoms with Crippen LogP contribution >= 0.6 is 0 Å². The smallest absolute Gasteiger partial charge is 0.360 e. The van der Waals surface area contributed by atoms with Gasteiger partial charge in [0.1, 0.15) is 11.4 Å². The number of esters is 1. The molecule has 2 rings (SSSR count). The van der Waals surface area contributed by atoms with Gasteiger partial charge in [0.2, 0.25) is 0 Å². The Balaban J connectivity index is 2.21. The fourth-order valence-electron chi connectivity index (χ4n) is 1.43. The average molecular weight is 251 g/mol. The zero-order valence-corrected chi connectivity index (χ0v) is 10.4. The molecular weight excluding hydrogens is 238 g/mol. The molecule has 2 aromatic rings. The van der Waals surface area contributed by atoms with E-state index < -0.39 is 5.97 Å². The largest absolute Gasteiger partial charge is 0.461 e. The summed E-state index contributed by atoms with van der Waals surface area (Å²) in [6.07, 6.45) is 0. The predicted octanol–water partition coefficient (Wildman–Crippen LogP) is 0.503. The molecule has 0 aliphatic carbocycles. The molecule has 0 spiro atoms. The minimum Gasteiger partial charge on any atom is -0.461 e. The molecule has 0 aliphatic rings. The first-order valence-corrected chi connectivity index (χ1v) is 5.48. The van der Waals surface area contributed by atoms with E-state index in [-0.39, 0.29) is 5.69 Å². The summed E-state index contributed by atoms with van der Waals surface area (Å²) in [5.74, 6) is -0.476. The van der Waals surface area contributed by atoms with Gasteiger partial charge in [-0.05, 0) is 20.8 Å². The second-order valence-corrected chi connectivity index (χ2v) is 3.70. The standard InChI is InChI=1S/C10H13N5O3/c1-4-17-10(16)9-7(3)15(14-11-9)5-8-6(2)12-18-13-8/h4-5H2,1-3H3. The van der Waals surface area contributed by atoms with E-state index in [1.54, 1.807) is 25.5 Å². The van der Waals surface area contributed by atoms with Crippen molar-refractivity contribution >= 4 is 5.97 Å². The molecule has 2 aromatic heterocycles. The predicted molar refractivity (Wildman–Crippen MR) is 58.9 cm³/mol. The molecule has 0 N–H and O–H groups in total. The number of hydrogen-bond donors (Lipinski definition) is 0. The van der Waals surface area contributed by atoms with E-state index >= 15 is 0 Å². The van der Waals surface area contributed by atoms with Crippen LogP contribution in [0.5, 0.6) is 0 Å². The second kappa shape index (κ2) is 4.94. The van der Waals surface area contributed by atoms with Crippen LogP contribution in [0.1, 0.15) is 34.5 Å². The summed E-state index contributed by atoms with van der Waals surface area (Å²) in [6, 6.07) is 0. The first-order valence-electron chi connectivity index (χ1n) is 5.48. The number of hydrogen-bond acceptors (Lipinski definition) is 7. The molecule has 2 heterocycles. The molecule has 18 heavy (non-hydrogen) atoms. The van der Waals surface area contributed by atoms with Crippen LogP contribution in [0.15, 0.2) is 4.63 Å². The van der Waals surface area contributed by atoms with Crippen LogP contribution in [0.25, 0.3) is 0 Å². The Bertz CT molecular complexity index is 560. The van der Waals surface area contributed by atoms with Crippen molar-refractivity contribution in [3.63, 3.8) is 0 Å². The highest BCUT2D eigenvalue weighted by atomic mass is 16.6. The minimum atomic E-state index is -0.476. The molecule has 0 fully saturated rings. The van der Waals surface area contributed by atoms with Crippen LogP contribution in [0.4, 0.5) is 0 Å². The SMILES string of the molecule is CCOC(=O)c1nnn(Cc2nonc2C)c1C. The molecule has 0 amide bonds. The van der Waals surface area contributed by atoms with E-state index in [1.807, 2.05) is 0 Å². The number of carbonyl (C=O) groups excluding carboxylic acids is 1. The second-order valence-electron chi connectivity index (χ2n) is 3.70. The van der Waals surface area contributed by atoms with E-state index in [9.17, 15) is 4.79 Å². The molecule has 0 aliphatic heterocycles. The van der Waals surface area contributed by atoms with Gasteiger partial charge in [-0.15, -0.1) is 5.10 Å². The Labute approximate surface area is 103 Å². The maximum absolute atomic E-state index is 11.6. The summed E-state index contributed by atoms with van der Waals surface area (Å²) >= 11 is 0. The van der Waals surface area contributed by atoms with Gasteiger partial charge in [-0.2, -0.15) is 0 Å². The van der Waals surface area contributed by atoms with Crippen LogP contribution in [0.2, 0.25) is 0 Å². The highest BCUT2D eigenvalue weighted by Crippen LogP contribution is 2.09. The third kappa shape index (κ3) is 2.22. The van der Waals surface area contributed by atoms with E-state index in [2.05, 4.69) is 25.3 Å². The zero-order valence-electron chi connectivity index (χ0n) is 10.4. The lowest BCUT2D eigenvalue weighted by Crippen LogP contribution is -2.09. The van der Waals surface area contributed by atoms with Crippen LogP contribution in [-0.2, 0) is 11.3 Å². The van der Waals surface area contributed by atoms with E-state index in [4.69, 9.17) is 4.74 Å². The molecule has 0 unspecified atom stereocenters. The minimum absolute atomic E-state index is 0.214. The summed E-state index contributed by atoms with van der Waals surface area (Å²) in [5, 5.41) is 15.1. The van der Waals surface area contributed by atoms with Crippen LogP contribution in [0.3, 0.4) is 0 Å². The Morgan fingerprint density at radius 1 is 1.39 bits per heavy atom. The summed E-state index contributed by atoms with van der Waals surface area (Å²) < 4.78 is 11.0. The number of aryl methyl sites for hydroxylation is 1. The van der Waals surface area contributed by atoms with Crippen LogP contribution in [0, 0.1) is 13.8 Å². The molecule has 0 bridgehead atoms. The molecule has 0 saturated heterocycles. The average Bonchev–Trinajstić information content (AvgIpc) is 2.89. The summed E-state index contributed by atoms with van der Waals surface area (Å²) in [4.78, 5) is 11.6. The van der Waals surface area contributed by atoms with Gasteiger partial charge >= 0.3 is 5.97 Å². The normalized spacial score (nSPS) is 10.6. The molecule has 0 aromatic carbocycles. The zero-order chi connectivity index (χ0) is 13.1. The van der Waals surface area contributed by atoms with Gasteiger partial charge in [-0.3, -0.25) is 0 Å². The summed E-state index contributed by atoms with van der Waals surface area (Å²) in [6.45, 7) is 5.92. The van der Waals surface area contributed by atoms with Crippen molar-refractivity contribution < 1.29 is 14.2 Å². The van der Waals surface area contributed by atoms with Gasteiger partial charge in [0.05, 0.1) is 18.8 Å². The van der Waals surface area contributed by atoms with Crippen molar-refractivity contribution in [1.29, 1.82) is 0 Å². The van der Waals surface area contributed by atoms with Crippen molar-refractivity contribution in [2.45, 2.75) is 27.3 Å². The highest BCUT2D eigenvalue weighted by Gasteiger charge is 2.18. The lowest BCUT2D eigenvalue weighted by Gasteiger charge is -2.01. The Kier molecular flexibility index (Phi) is 3.35. The topological polar surface area (TPSA) is 95.9 Å². The summed E-state index contributed by atoms with van der Waals surface area (Å²) in [7, 11) is 0. The van der Waals surface area contributed by atoms with Gasteiger partial charge in [0, 0.05) is 0 Å². The molecule has 8 nitrogen and oxygen atoms in total. The van der Waals surface area contributed by atoms with Crippen molar-refractivity contribution in [3.05, 3.63) is 22.8 Å².